The molecule has 0 aliphatic carbocycles. The van der Waals surface area contributed by atoms with Crippen molar-refractivity contribution in [2.45, 2.75) is 13.8 Å². The van der Waals surface area contributed by atoms with E-state index in [1.165, 1.54) is 42.1 Å². The number of carbonyl (C=O) groups is 4. The van der Waals surface area contributed by atoms with Crippen LogP contribution in [0.15, 0.2) is 109 Å². The Morgan fingerprint density at radius 2 is 1.00 bits per heavy atom. The van der Waals surface area contributed by atoms with Crippen molar-refractivity contribution in [1.29, 1.82) is 0 Å². The molecule has 384 valence electrons. The van der Waals surface area contributed by atoms with Crippen LogP contribution in [-0.4, -0.2) is 99.4 Å². The number of amides is 1. The minimum absolute atomic E-state index is 0.0247. The summed E-state index contributed by atoms with van der Waals surface area (Å²) in [5, 5.41) is 11.8. The lowest BCUT2D eigenvalue weighted by Crippen LogP contribution is -2.37. The Labute approximate surface area is 433 Å². The third kappa shape index (κ3) is 16.1. The van der Waals surface area contributed by atoms with Crippen LogP contribution < -0.4 is 30.3 Å². The van der Waals surface area contributed by atoms with Gasteiger partial charge in [0.05, 0.1) is 11.1 Å². The van der Waals surface area contributed by atoms with Gasteiger partial charge in [0.2, 0.25) is 0 Å². The van der Waals surface area contributed by atoms with Crippen LogP contribution in [0.4, 0.5) is 40.3 Å². The number of nitrogen functional groups attached to an aromatic ring is 1. The number of hydrogen-bond acceptors (Lipinski definition) is 11. The summed E-state index contributed by atoms with van der Waals surface area (Å²) in [7, 11) is -1.37. The molecule has 6 aromatic rings. The molecule has 13 nitrogen and oxygen atoms in total. The zero-order chi connectivity index (χ0) is 52.9. The molecule has 0 saturated carbocycles. The minimum atomic E-state index is -1.23. The van der Waals surface area contributed by atoms with Gasteiger partial charge in [0.15, 0.2) is 24.8 Å². The number of nitrogens with one attached hydrogen (secondary N) is 1. The highest BCUT2D eigenvalue weighted by molar-refractivity contribution is 7.85. The maximum atomic E-state index is 13.6. The first-order chi connectivity index (χ1) is 34.7. The van der Waals surface area contributed by atoms with E-state index in [4.69, 9.17) is 43.5 Å². The number of rotatable bonds is 13. The average molecular weight is 1080 g/mol. The van der Waals surface area contributed by atoms with Gasteiger partial charge in [0.1, 0.15) is 34.8 Å². The molecule has 4 N–H and O–H groups in total. The van der Waals surface area contributed by atoms with Crippen LogP contribution >= 0.6 is 23.2 Å². The molecule has 0 spiro atoms. The number of carboxylic acid groups (broad SMARTS) is 1. The molecule has 0 unspecified atom stereocenters. The topological polar surface area (TPSA) is 186 Å². The fraction of sp³-hybridized carbons (Fsp3) is 0.231. The first-order valence-corrected chi connectivity index (χ1v) is 26.0. The molecule has 0 bridgehead atoms. The highest BCUT2D eigenvalue weighted by atomic mass is 35.5. The number of aryl methyl sites for hydroxylation is 2. The Morgan fingerprint density at radius 3 is 1.41 bits per heavy atom. The van der Waals surface area contributed by atoms with Crippen LogP contribution in [0.5, 0.6) is 11.5 Å². The fourth-order valence-corrected chi connectivity index (χ4v) is 9.84. The second kappa shape index (κ2) is 25.7. The molecule has 2 heterocycles. The summed E-state index contributed by atoms with van der Waals surface area (Å²) in [6.07, 6.45) is 0. The lowest BCUT2D eigenvalue weighted by Gasteiger charge is -2.29. The first kappa shape index (κ1) is 55.5. The van der Waals surface area contributed by atoms with Gasteiger partial charge in [0.25, 0.3) is 5.91 Å². The number of hydrogen-bond donors (Lipinski definition) is 3. The van der Waals surface area contributed by atoms with E-state index in [-0.39, 0.29) is 43.8 Å². The maximum absolute atomic E-state index is 13.6. The largest absolute Gasteiger partial charge is 0.483 e. The van der Waals surface area contributed by atoms with E-state index in [0.29, 0.717) is 29.3 Å². The first-order valence-electron chi connectivity index (χ1n) is 22.3. The maximum Gasteiger partial charge on any atom is 0.341 e. The number of aliphatic carboxylic acids is 1. The smallest absolute Gasteiger partial charge is 0.341 e. The Hall–Kier alpha value is -6.80. The molecular formula is C52H48Cl2F4N4O9S2. The molecule has 2 aliphatic heterocycles. The van der Waals surface area contributed by atoms with Crippen molar-refractivity contribution in [3.8, 4) is 11.5 Å². The number of carboxylic acids is 1. The lowest BCUT2D eigenvalue weighted by molar-refractivity contribution is -0.139. The van der Waals surface area contributed by atoms with Gasteiger partial charge >= 0.3 is 5.97 Å². The number of anilines is 4. The second-order valence-corrected chi connectivity index (χ2v) is 20.8. The number of ketones is 2. The van der Waals surface area contributed by atoms with Crippen LogP contribution in [0.25, 0.3) is 0 Å². The zero-order valence-electron chi connectivity index (χ0n) is 39.2. The molecule has 0 radical (unpaired) electrons. The summed E-state index contributed by atoms with van der Waals surface area (Å²) in [6, 6.07) is 24.8. The number of nitrogens with two attached hydrogens (primary N) is 1. The molecule has 6 aromatic carbocycles. The van der Waals surface area contributed by atoms with Gasteiger partial charge in [-0.1, -0.05) is 23.2 Å². The Bertz CT molecular complexity index is 3040. The van der Waals surface area contributed by atoms with E-state index in [9.17, 15) is 45.2 Å². The molecule has 2 saturated heterocycles. The molecule has 0 atom stereocenters. The Kier molecular flexibility index (Phi) is 19.6. The average Bonchev–Trinajstić information content (AvgIpc) is 3.34. The van der Waals surface area contributed by atoms with Crippen LogP contribution in [0, 0.1) is 37.1 Å². The van der Waals surface area contributed by atoms with Crippen molar-refractivity contribution < 1.29 is 59.7 Å². The van der Waals surface area contributed by atoms with Crippen molar-refractivity contribution in [2.24, 2.45) is 0 Å². The molecule has 0 aromatic heterocycles. The van der Waals surface area contributed by atoms with Gasteiger partial charge in [-0.05, 0) is 122 Å². The number of ether oxygens (including phenoxy) is 2. The SMILES string of the molecule is Cc1cc(N2CCS(=O)CC2)ccc1N.Cc1cc(N2CCS(=O)CC2)ccc1NC(=O)COc1ccc(Cl)cc1C(=O)c1cc(F)cc(F)c1.O=C(O)COc1ccc(Cl)cc1C(=O)c1cc(F)cc(F)c1. The number of benzene rings is 6. The third-order valence-corrected chi connectivity index (χ3v) is 14.2. The van der Waals surface area contributed by atoms with E-state index in [0.717, 1.165) is 84.5 Å². The van der Waals surface area contributed by atoms with Gasteiger partial charge in [-0.2, -0.15) is 0 Å². The molecule has 8 rings (SSSR count). The summed E-state index contributed by atoms with van der Waals surface area (Å²) in [5.74, 6) is -3.85. The standard InChI is InChI=1S/C26H23ClF2N2O4S.C15H9ClF2O4.C11H16N2OS/c1-16-10-21(31-6-8-36(34)9-7-31)3-4-23(16)30-25(32)15-35-24-5-2-18(27)13-22(24)26(33)17-11-19(28)14-20(29)12-17;16-9-1-2-13(22-7-14(19)20)12(5-9)15(21)8-3-10(17)6-11(18)4-8;1-9-8-10(2-3-11(9)12)13-4-6-15(14)7-5-13/h2-5,10-14H,6-9,15H2,1H3,(H,30,32);1-6H,7H2,(H,19,20);2-3,8H,4-7,12H2,1H3. The molecule has 1 amide bonds. The van der Waals surface area contributed by atoms with Crippen molar-refractivity contribution in [3.63, 3.8) is 0 Å². The van der Waals surface area contributed by atoms with Crippen molar-refractivity contribution in [3.05, 3.63) is 176 Å². The summed E-state index contributed by atoms with van der Waals surface area (Å²) in [6.45, 7) is 6.02. The predicted octanol–water partition coefficient (Wildman–Crippen LogP) is 9.20. The van der Waals surface area contributed by atoms with Crippen LogP contribution in [0.2, 0.25) is 10.0 Å². The molecule has 21 heteroatoms. The monoisotopic (exact) mass is 1080 g/mol. The summed E-state index contributed by atoms with van der Waals surface area (Å²) < 4.78 is 87.0. The van der Waals surface area contributed by atoms with Crippen LogP contribution in [-0.2, 0) is 31.2 Å². The van der Waals surface area contributed by atoms with E-state index < -0.39 is 81.5 Å². The zero-order valence-corrected chi connectivity index (χ0v) is 42.4. The van der Waals surface area contributed by atoms with E-state index in [1.807, 2.05) is 38.1 Å². The molecule has 2 fully saturated rings. The Balaban J connectivity index is 0.000000198. The molecule has 73 heavy (non-hydrogen) atoms. The number of carbonyl (C=O) groups excluding carboxylic acids is 3. The number of halogens is 6. The quantitative estimate of drug-likeness (QED) is 0.0567. The Morgan fingerprint density at radius 1 is 0.589 bits per heavy atom. The van der Waals surface area contributed by atoms with Gasteiger partial charge in [-0.25, -0.2) is 22.4 Å². The fourth-order valence-electron chi connectivity index (χ4n) is 7.39. The van der Waals surface area contributed by atoms with Crippen molar-refractivity contribution >= 4 is 91.0 Å². The predicted molar refractivity (Wildman–Crippen MR) is 277 cm³/mol. The van der Waals surface area contributed by atoms with Crippen molar-refractivity contribution in [2.75, 3.05) is 83.3 Å². The van der Waals surface area contributed by atoms with Crippen LogP contribution in [0.1, 0.15) is 43.0 Å². The highest BCUT2D eigenvalue weighted by Gasteiger charge is 2.22. The van der Waals surface area contributed by atoms with Gasteiger partial charge in [-0.3, -0.25) is 22.8 Å². The third-order valence-electron chi connectivity index (χ3n) is 11.2. The molecular weight excluding hydrogens is 1040 g/mol. The summed E-state index contributed by atoms with van der Waals surface area (Å²) in [5.41, 5.74) is 10.8. The van der Waals surface area contributed by atoms with Crippen LogP contribution in [0.3, 0.4) is 0 Å². The van der Waals surface area contributed by atoms with E-state index in [2.05, 4.69) is 21.2 Å². The number of nitrogens with zero attached hydrogens (tertiary/aromatic N) is 2. The highest BCUT2D eigenvalue weighted by Crippen LogP contribution is 2.29. The van der Waals surface area contributed by atoms with Gasteiger partial charge < -0.3 is 35.4 Å². The lowest BCUT2D eigenvalue weighted by atomic mass is 10.0. The van der Waals surface area contributed by atoms with E-state index in [1.54, 1.807) is 6.07 Å². The van der Waals surface area contributed by atoms with Gasteiger partial charge in [-0.15, -0.1) is 0 Å². The second-order valence-electron chi connectivity index (χ2n) is 16.5. The molecule has 2 aliphatic rings. The van der Waals surface area contributed by atoms with E-state index >= 15 is 0 Å². The minimum Gasteiger partial charge on any atom is -0.483 e. The summed E-state index contributed by atoms with van der Waals surface area (Å²) in [4.78, 5) is 52.8. The normalized spacial score (nSPS) is 13.7. The van der Waals surface area contributed by atoms with Gasteiger partial charge in [0, 0.05) is 127 Å². The van der Waals surface area contributed by atoms with Crippen molar-refractivity contribution in [1.82, 2.24) is 0 Å². The summed E-state index contributed by atoms with van der Waals surface area (Å²) >= 11 is 11.8.